The van der Waals surface area contributed by atoms with Gasteiger partial charge in [0.2, 0.25) is 0 Å². The lowest BCUT2D eigenvalue weighted by atomic mass is 10.1. The molecule has 2 aromatic carbocycles. The lowest BCUT2D eigenvalue weighted by Gasteiger charge is -2.35. The van der Waals surface area contributed by atoms with E-state index in [0.29, 0.717) is 5.56 Å². The number of rotatable bonds is 7. The van der Waals surface area contributed by atoms with Crippen LogP contribution in [0.2, 0.25) is 0 Å². The Balaban J connectivity index is 2.44. The number of anilines is 1. The molecule has 7 nitrogen and oxygen atoms in total. The first-order chi connectivity index (χ1) is 13.7. The van der Waals surface area contributed by atoms with Crippen molar-refractivity contribution in [1.29, 1.82) is 0 Å². The van der Waals surface area contributed by atoms with E-state index in [1.54, 1.807) is 36.5 Å². The maximum absolute atomic E-state index is 14.0. The number of carbonyl (C=O) groups is 2. The fraction of sp³-hybridized carbons (Fsp3) is 0.263. The van der Waals surface area contributed by atoms with E-state index in [1.165, 1.54) is 31.4 Å². The number of hydrogen-bond acceptors (Lipinski definition) is 6. The number of hydrazine groups is 1. The Morgan fingerprint density at radius 3 is 2.17 bits per heavy atom. The summed E-state index contributed by atoms with van der Waals surface area (Å²) < 4.78 is 51.4. The van der Waals surface area contributed by atoms with Crippen molar-refractivity contribution < 1.29 is 32.2 Å². The van der Waals surface area contributed by atoms with Crippen LogP contribution in [-0.2, 0) is 9.53 Å². The number of methoxy groups -OCH3 is 2. The number of nitrogens with one attached hydrogen (secondary N) is 3. The quantitative estimate of drug-likeness (QED) is 0.369. The van der Waals surface area contributed by atoms with E-state index in [1.807, 2.05) is 5.43 Å². The van der Waals surface area contributed by atoms with Crippen LogP contribution in [-0.4, -0.2) is 37.9 Å². The predicted molar refractivity (Wildman–Crippen MR) is 99.2 cm³/mol. The van der Waals surface area contributed by atoms with E-state index in [9.17, 15) is 22.8 Å². The van der Waals surface area contributed by atoms with Gasteiger partial charge in [0.05, 0.1) is 25.5 Å². The average molecular weight is 411 g/mol. The Labute approximate surface area is 165 Å². The second-order valence-corrected chi connectivity index (χ2v) is 5.96. The van der Waals surface area contributed by atoms with Gasteiger partial charge in [-0.3, -0.25) is 4.79 Å². The summed E-state index contributed by atoms with van der Waals surface area (Å²) in [5.74, 6) is -2.91. The van der Waals surface area contributed by atoms with Crippen molar-refractivity contribution in [2.75, 3.05) is 19.6 Å². The van der Waals surface area contributed by atoms with Gasteiger partial charge in [0.15, 0.2) is 0 Å². The lowest BCUT2D eigenvalue weighted by molar-refractivity contribution is -0.215. The molecule has 0 unspecified atom stereocenters. The molecule has 0 aliphatic heterocycles. The van der Waals surface area contributed by atoms with Crippen LogP contribution in [0.1, 0.15) is 15.9 Å². The van der Waals surface area contributed by atoms with E-state index >= 15 is 0 Å². The van der Waals surface area contributed by atoms with Crippen molar-refractivity contribution in [3.05, 3.63) is 59.7 Å². The minimum Gasteiger partial charge on any atom is -0.496 e. The van der Waals surface area contributed by atoms with E-state index in [-0.39, 0.29) is 17.0 Å². The van der Waals surface area contributed by atoms with Gasteiger partial charge in [-0.1, -0.05) is 30.3 Å². The maximum Gasteiger partial charge on any atom is 0.438 e. The fourth-order valence-corrected chi connectivity index (χ4v) is 2.49. The third-order valence-electron chi connectivity index (χ3n) is 4.10. The van der Waals surface area contributed by atoms with Gasteiger partial charge in [-0.05, 0) is 30.7 Å². The highest BCUT2D eigenvalue weighted by molar-refractivity contribution is 6.00. The van der Waals surface area contributed by atoms with E-state index in [2.05, 4.69) is 10.2 Å². The Morgan fingerprint density at radius 1 is 0.966 bits per heavy atom. The van der Waals surface area contributed by atoms with Crippen molar-refractivity contribution in [2.24, 2.45) is 0 Å². The molecule has 1 amide bonds. The SMILES string of the molecule is COC(=O)[C@](NNc1ccccc1C)(NC(=O)c1ccccc1OC)C(F)(F)F. The fourth-order valence-electron chi connectivity index (χ4n) is 2.49. The Hall–Kier alpha value is -3.27. The van der Waals surface area contributed by atoms with Crippen molar-refractivity contribution in [2.45, 2.75) is 18.8 Å². The summed E-state index contributed by atoms with van der Waals surface area (Å²) in [6.07, 6.45) is -5.26. The molecule has 156 valence electrons. The standard InChI is InChI=1S/C19H20F3N3O4/c1-12-8-4-6-10-14(12)24-25-18(17(27)29-3,19(20,21)22)23-16(26)13-9-5-7-11-15(13)28-2/h4-11,24-25H,1-3H3,(H,23,26)/t18-/m1/s1. The molecule has 0 aromatic heterocycles. The normalized spacial score (nSPS) is 13.2. The molecule has 10 heteroatoms. The topological polar surface area (TPSA) is 88.7 Å². The highest BCUT2D eigenvalue weighted by Gasteiger charge is 2.63. The van der Waals surface area contributed by atoms with Gasteiger partial charge in [0, 0.05) is 0 Å². The first-order valence-corrected chi connectivity index (χ1v) is 8.35. The molecule has 0 bridgehead atoms. The number of halogens is 3. The van der Waals surface area contributed by atoms with Crippen molar-refractivity contribution >= 4 is 17.6 Å². The van der Waals surface area contributed by atoms with Crippen LogP contribution in [0.15, 0.2) is 48.5 Å². The summed E-state index contributed by atoms with van der Waals surface area (Å²) in [5, 5.41) is 1.71. The van der Waals surface area contributed by atoms with E-state index in [0.717, 1.165) is 7.11 Å². The van der Waals surface area contributed by atoms with Crippen LogP contribution in [0.5, 0.6) is 5.75 Å². The van der Waals surface area contributed by atoms with Crippen molar-refractivity contribution in [1.82, 2.24) is 10.7 Å². The summed E-state index contributed by atoms with van der Waals surface area (Å²) >= 11 is 0. The third kappa shape index (κ3) is 4.60. The molecule has 1 atom stereocenters. The summed E-state index contributed by atoms with van der Waals surface area (Å²) in [6, 6.07) is 12.1. The molecule has 0 saturated carbocycles. The highest BCUT2D eigenvalue weighted by Crippen LogP contribution is 2.31. The Morgan fingerprint density at radius 2 is 1.59 bits per heavy atom. The van der Waals surface area contributed by atoms with Gasteiger partial charge in [0.25, 0.3) is 5.91 Å². The molecule has 29 heavy (non-hydrogen) atoms. The molecule has 2 rings (SSSR count). The van der Waals surface area contributed by atoms with E-state index < -0.39 is 23.7 Å². The molecule has 3 N–H and O–H groups in total. The number of hydrogen-bond donors (Lipinski definition) is 3. The zero-order valence-electron chi connectivity index (χ0n) is 15.9. The first kappa shape index (κ1) is 22.0. The molecule has 0 saturated heterocycles. The zero-order valence-corrected chi connectivity index (χ0v) is 15.9. The number of para-hydroxylation sites is 2. The van der Waals surface area contributed by atoms with Gasteiger partial charge in [-0.25, -0.2) is 4.79 Å². The highest BCUT2D eigenvalue weighted by atomic mass is 19.4. The predicted octanol–water partition coefficient (Wildman–Crippen LogP) is 2.78. The minimum atomic E-state index is -5.26. The molecule has 0 fully saturated rings. The van der Waals surface area contributed by atoms with Gasteiger partial charge >= 0.3 is 17.8 Å². The van der Waals surface area contributed by atoms with Crippen LogP contribution in [0.4, 0.5) is 18.9 Å². The van der Waals surface area contributed by atoms with Crippen molar-refractivity contribution in [3.8, 4) is 5.75 Å². The smallest absolute Gasteiger partial charge is 0.438 e. The molecule has 0 aliphatic rings. The molecule has 0 heterocycles. The molecular weight excluding hydrogens is 391 g/mol. The monoisotopic (exact) mass is 411 g/mol. The molecular formula is C19H20F3N3O4. The number of aryl methyl sites for hydroxylation is 1. The van der Waals surface area contributed by atoms with Crippen molar-refractivity contribution in [3.63, 3.8) is 0 Å². The second-order valence-electron chi connectivity index (χ2n) is 5.96. The number of benzene rings is 2. The number of alkyl halides is 3. The molecule has 0 radical (unpaired) electrons. The Kier molecular flexibility index (Phi) is 6.70. The van der Waals surface area contributed by atoms with Crippen LogP contribution >= 0.6 is 0 Å². The van der Waals surface area contributed by atoms with Gasteiger partial charge < -0.3 is 20.2 Å². The summed E-state index contributed by atoms with van der Waals surface area (Å²) in [5.41, 5.74) is 1.37. The average Bonchev–Trinajstić information content (AvgIpc) is 2.70. The van der Waals surface area contributed by atoms with Crippen LogP contribution < -0.4 is 20.9 Å². The number of esters is 1. The van der Waals surface area contributed by atoms with Crippen LogP contribution in [0.25, 0.3) is 0 Å². The first-order valence-electron chi connectivity index (χ1n) is 8.35. The van der Waals surface area contributed by atoms with Gasteiger partial charge in [-0.2, -0.15) is 18.6 Å². The third-order valence-corrected chi connectivity index (χ3v) is 4.10. The zero-order chi connectivity index (χ0) is 21.7. The number of amides is 1. The maximum atomic E-state index is 14.0. The summed E-state index contributed by atoms with van der Waals surface area (Å²) in [6.45, 7) is 1.66. The largest absolute Gasteiger partial charge is 0.496 e. The van der Waals surface area contributed by atoms with E-state index in [4.69, 9.17) is 4.74 Å². The Bertz CT molecular complexity index is 889. The summed E-state index contributed by atoms with van der Waals surface area (Å²) in [4.78, 5) is 24.8. The number of ether oxygens (including phenoxy) is 2. The van der Waals surface area contributed by atoms with Crippen LogP contribution in [0.3, 0.4) is 0 Å². The van der Waals surface area contributed by atoms with Crippen LogP contribution in [0, 0.1) is 6.92 Å². The molecule has 0 aliphatic carbocycles. The lowest BCUT2D eigenvalue weighted by Crippen LogP contribution is -2.73. The van der Waals surface area contributed by atoms with Gasteiger partial charge in [-0.15, -0.1) is 0 Å². The molecule has 0 spiro atoms. The summed E-state index contributed by atoms with van der Waals surface area (Å²) in [7, 11) is 2.05. The number of carbonyl (C=O) groups excluding carboxylic acids is 2. The van der Waals surface area contributed by atoms with Gasteiger partial charge in [0.1, 0.15) is 5.75 Å². The molecule has 2 aromatic rings. The minimum absolute atomic E-state index is 0.0396. The second kappa shape index (κ2) is 8.82.